The van der Waals surface area contributed by atoms with E-state index in [9.17, 15) is 0 Å². The molecular formula is C8H10NS. The zero-order valence-corrected chi connectivity index (χ0v) is 7.03. The number of aromatic nitrogens is 1. The summed E-state index contributed by atoms with van der Waals surface area (Å²) < 4.78 is 0. The van der Waals surface area contributed by atoms with E-state index >= 15 is 0 Å². The Morgan fingerprint density at radius 2 is 2.20 bits per heavy atom. The molecule has 0 unspecified atom stereocenters. The maximum atomic E-state index is 4.15. The molecule has 0 saturated heterocycles. The van der Waals surface area contributed by atoms with Gasteiger partial charge < -0.3 is 0 Å². The molecule has 0 fully saturated rings. The van der Waals surface area contributed by atoms with E-state index in [-0.39, 0.29) is 0 Å². The average molecular weight is 152 g/mol. The average Bonchev–Trinajstić information content (AvgIpc) is 1.95. The van der Waals surface area contributed by atoms with Crippen LogP contribution in [0.25, 0.3) is 0 Å². The Morgan fingerprint density at radius 3 is 2.70 bits per heavy atom. The van der Waals surface area contributed by atoms with Crippen LogP contribution in [0.15, 0.2) is 17.2 Å². The Balaban J connectivity index is 3.14. The van der Waals surface area contributed by atoms with Gasteiger partial charge in [-0.1, -0.05) is 0 Å². The first-order valence-electron chi connectivity index (χ1n) is 3.10. The Hall–Kier alpha value is -0.500. The van der Waals surface area contributed by atoms with Gasteiger partial charge in [0.05, 0.1) is 0 Å². The third kappa shape index (κ3) is 1.32. The maximum absolute atomic E-state index is 4.15. The van der Waals surface area contributed by atoms with Crippen LogP contribution in [0.3, 0.4) is 0 Å². The van der Waals surface area contributed by atoms with E-state index in [2.05, 4.69) is 18.2 Å². The lowest BCUT2D eigenvalue weighted by Gasteiger charge is -2.02. The van der Waals surface area contributed by atoms with Crippen molar-refractivity contribution in [3.05, 3.63) is 29.8 Å². The van der Waals surface area contributed by atoms with Crippen LogP contribution in [-0.4, -0.2) is 4.98 Å². The molecule has 1 rings (SSSR count). The predicted octanol–water partition coefficient (Wildman–Crippen LogP) is 2.58. The first-order valence-corrected chi connectivity index (χ1v) is 4.08. The van der Waals surface area contributed by atoms with Crippen molar-refractivity contribution in [2.24, 2.45) is 0 Å². The van der Waals surface area contributed by atoms with Gasteiger partial charge in [0, 0.05) is 23.0 Å². The molecule has 0 atom stereocenters. The van der Waals surface area contributed by atoms with Crippen LogP contribution in [0.5, 0.6) is 0 Å². The number of rotatable bonds is 1. The second kappa shape index (κ2) is 3.06. The lowest BCUT2D eigenvalue weighted by molar-refractivity contribution is 1.10. The topological polar surface area (TPSA) is 12.9 Å². The molecule has 0 amide bonds. The molecule has 1 nitrogen and oxygen atoms in total. The molecule has 0 aliphatic rings. The summed E-state index contributed by atoms with van der Waals surface area (Å²) >= 11 is 1.52. The van der Waals surface area contributed by atoms with Crippen molar-refractivity contribution in [2.45, 2.75) is 18.7 Å². The molecule has 1 aromatic heterocycles. The van der Waals surface area contributed by atoms with E-state index in [0.29, 0.717) is 0 Å². The Kier molecular flexibility index (Phi) is 2.33. The maximum Gasteiger partial charge on any atom is 0.0412 e. The fraction of sp³-hybridized carbons (Fsp3) is 0.250. The standard InChI is InChI=1S/C8H10NS/c1-6-7(2)9-5-4-8(6)10-3/h4-5H,3H2,1-2H3. The molecule has 10 heavy (non-hydrogen) atoms. The summed E-state index contributed by atoms with van der Waals surface area (Å²) in [5.41, 5.74) is 2.33. The number of hydrogen-bond acceptors (Lipinski definition) is 2. The van der Waals surface area contributed by atoms with E-state index < -0.39 is 0 Å². The third-order valence-corrected chi connectivity index (χ3v) is 2.32. The molecule has 2 heteroatoms. The van der Waals surface area contributed by atoms with E-state index in [1.54, 1.807) is 0 Å². The fourth-order valence-electron chi connectivity index (χ4n) is 0.773. The molecule has 0 aromatic carbocycles. The van der Waals surface area contributed by atoms with Gasteiger partial charge in [0.25, 0.3) is 0 Å². The minimum absolute atomic E-state index is 1.09. The van der Waals surface area contributed by atoms with Crippen molar-refractivity contribution in [3.8, 4) is 0 Å². The summed E-state index contributed by atoms with van der Waals surface area (Å²) in [5.74, 6) is 0. The monoisotopic (exact) mass is 152 g/mol. The van der Waals surface area contributed by atoms with Crippen molar-refractivity contribution in [1.29, 1.82) is 0 Å². The largest absolute Gasteiger partial charge is 0.261 e. The SMILES string of the molecule is [CH2]Sc1ccnc(C)c1C. The van der Waals surface area contributed by atoms with Gasteiger partial charge >= 0.3 is 0 Å². The summed E-state index contributed by atoms with van der Waals surface area (Å²) in [6, 6.07) is 1.99. The van der Waals surface area contributed by atoms with E-state index in [4.69, 9.17) is 0 Å². The molecule has 53 valence electrons. The lowest BCUT2D eigenvalue weighted by Crippen LogP contribution is -1.86. The van der Waals surface area contributed by atoms with Crippen LogP contribution in [-0.2, 0) is 0 Å². The second-order valence-corrected chi connectivity index (χ2v) is 2.89. The van der Waals surface area contributed by atoms with Gasteiger partial charge in [0.15, 0.2) is 0 Å². The van der Waals surface area contributed by atoms with Crippen LogP contribution in [0, 0.1) is 20.1 Å². The third-order valence-electron chi connectivity index (χ3n) is 1.56. The molecule has 0 bridgehead atoms. The summed E-state index contributed by atoms with van der Waals surface area (Å²) in [6.07, 6.45) is 5.56. The normalized spacial score (nSPS) is 9.90. The van der Waals surface area contributed by atoms with Crippen LogP contribution in [0.4, 0.5) is 0 Å². The van der Waals surface area contributed by atoms with Crippen molar-refractivity contribution in [1.82, 2.24) is 4.98 Å². The van der Waals surface area contributed by atoms with Crippen molar-refractivity contribution < 1.29 is 0 Å². The second-order valence-electron chi connectivity index (χ2n) is 2.16. The van der Waals surface area contributed by atoms with Gasteiger partial charge in [-0.3, -0.25) is 4.98 Å². The zero-order chi connectivity index (χ0) is 7.56. The molecule has 0 N–H and O–H groups in total. The van der Waals surface area contributed by atoms with Crippen LogP contribution < -0.4 is 0 Å². The number of nitrogens with zero attached hydrogens (tertiary/aromatic N) is 1. The minimum Gasteiger partial charge on any atom is -0.261 e. The first kappa shape index (κ1) is 7.61. The predicted molar refractivity (Wildman–Crippen MR) is 44.9 cm³/mol. The number of thioether (sulfide) groups is 1. The highest BCUT2D eigenvalue weighted by atomic mass is 32.2. The number of pyridine rings is 1. The summed E-state index contributed by atoms with van der Waals surface area (Å²) in [4.78, 5) is 5.36. The van der Waals surface area contributed by atoms with Crippen molar-refractivity contribution in [3.63, 3.8) is 0 Å². The molecule has 0 aliphatic heterocycles. The first-order chi connectivity index (χ1) is 4.75. The van der Waals surface area contributed by atoms with Crippen LogP contribution >= 0.6 is 11.8 Å². The number of aryl methyl sites for hydroxylation is 1. The highest BCUT2D eigenvalue weighted by Gasteiger charge is 1.97. The lowest BCUT2D eigenvalue weighted by atomic mass is 10.2. The highest BCUT2D eigenvalue weighted by Crippen LogP contribution is 2.21. The van der Waals surface area contributed by atoms with E-state index in [1.807, 2.05) is 19.2 Å². The van der Waals surface area contributed by atoms with Crippen LogP contribution in [0.1, 0.15) is 11.3 Å². The highest BCUT2D eigenvalue weighted by molar-refractivity contribution is 8.00. The van der Waals surface area contributed by atoms with Crippen LogP contribution in [0.2, 0.25) is 0 Å². The summed E-state index contributed by atoms with van der Waals surface area (Å²) in [7, 11) is 0. The van der Waals surface area contributed by atoms with Gasteiger partial charge in [0.1, 0.15) is 0 Å². The quantitative estimate of drug-likeness (QED) is 0.574. The van der Waals surface area contributed by atoms with E-state index in [0.717, 1.165) is 5.69 Å². The van der Waals surface area contributed by atoms with Crippen molar-refractivity contribution >= 4 is 11.8 Å². The van der Waals surface area contributed by atoms with Gasteiger partial charge in [-0.15, -0.1) is 11.8 Å². The molecular weight excluding hydrogens is 142 g/mol. The molecule has 0 aliphatic carbocycles. The smallest absolute Gasteiger partial charge is 0.0412 e. The van der Waals surface area contributed by atoms with Gasteiger partial charge in [-0.05, 0) is 25.5 Å². The molecule has 0 spiro atoms. The fourth-order valence-corrected chi connectivity index (χ4v) is 1.29. The van der Waals surface area contributed by atoms with Crippen molar-refractivity contribution in [2.75, 3.05) is 0 Å². The molecule has 1 aromatic rings. The summed E-state index contributed by atoms with van der Waals surface area (Å²) in [6.45, 7) is 4.07. The Morgan fingerprint density at radius 1 is 1.50 bits per heavy atom. The van der Waals surface area contributed by atoms with Gasteiger partial charge in [-0.25, -0.2) is 0 Å². The summed E-state index contributed by atoms with van der Waals surface area (Å²) in [5, 5.41) is 0. The van der Waals surface area contributed by atoms with E-state index in [1.165, 1.54) is 22.2 Å². The zero-order valence-electron chi connectivity index (χ0n) is 6.22. The molecule has 0 saturated carbocycles. The van der Waals surface area contributed by atoms with Gasteiger partial charge in [0.2, 0.25) is 0 Å². The number of hydrogen-bond donors (Lipinski definition) is 0. The van der Waals surface area contributed by atoms with Gasteiger partial charge in [-0.2, -0.15) is 0 Å². The molecule has 1 radical (unpaired) electrons. The Labute approximate surface area is 65.9 Å². The molecule has 1 heterocycles. The minimum atomic E-state index is 1.09. The Bertz CT molecular complexity index is 233.